The number of rotatable bonds is 4. The summed E-state index contributed by atoms with van der Waals surface area (Å²) < 4.78 is 0. The molecule has 1 heterocycles. The van der Waals surface area contributed by atoms with E-state index in [1.165, 1.54) is 0 Å². The van der Waals surface area contributed by atoms with E-state index in [0.717, 1.165) is 23.5 Å². The molecule has 0 amide bonds. The highest BCUT2D eigenvalue weighted by Gasteiger charge is 2.05. The Morgan fingerprint density at radius 1 is 1.18 bits per heavy atom. The zero-order valence-corrected chi connectivity index (χ0v) is 10.0. The molecule has 2 rings (SSSR count). The van der Waals surface area contributed by atoms with Crippen molar-refractivity contribution in [3.63, 3.8) is 0 Å². The molecule has 2 aromatic rings. The van der Waals surface area contributed by atoms with Crippen LogP contribution in [0.2, 0.25) is 0 Å². The summed E-state index contributed by atoms with van der Waals surface area (Å²) in [4.78, 5) is 8.85. The molecule has 3 heteroatoms. The molecule has 0 fully saturated rings. The van der Waals surface area contributed by atoms with Gasteiger partial charge in [0.25, 0.3) is 0 Å². The van der Waals surface area contributed by atoms with E-state index in [9.17, 15) is 0 Å². The lowest BCUT2D eigenvalue weighted by Gasteiger charge is -2.08. The molecular weight excluding hydrogens is 210 g/mol. The lowest BCUT2D eigenvalue weighted by atomic mass is 10.1. The Bertz CT molecular complexity index is 468. The van der Waals surface area contributed by atoms with Gasteiger partial charge in [0.05, 0.1) is 5.69 Å². The molecule has 2 N–H and O–H groups in total. The Labute approximate surface area is 102 Å². The lowest BCUT2D eigenvalue weighted by Crippen LogP contribution is -2.14. The van der Waals surface area contributed by atoms with Gasteiger partial charge in [-0.1, -0.05) is 37.3 Å². The Morgan fingerprint density at radius 3 is 2.65 bits per heavy atom. The second kappa shape index (κ2) is 5.55. The molecule has 0 aliphatic rings. The molecule has 0 aliphatic heterocycles. The third kappa shape index (κ3) is 3.11. The number of benzene rings is 1. The van der Waals surface area contributed by atoms with Gasteiger partial charge < -0.3 is 5.73 Å². The molecule has 3 nitrogen and oxygen atoms in total. The first-order valence-corrected chi connectivity index (χ1v) is 5.87. The molecule has 0 spiro atoms. The highest BCUT2D eigenvalue weighted by atomic mass is 14.9. The van der Waals surface area contributed by atoms with Crippen molar-refractivity contribution >= 4 is 0 Å². The predicted molar refractivity (Wildman–Crippen MR) is 69.4 cm³/mol. The molecule has 1 aromatic carbocycles. The Hall–Kier alpha value is -1.74. The van der Waals surface area contributed by atoms with Crippen molar-refractivity contribution in [1.82, 2.24) is 9.97 Å². The fourth-order valence-electron chi connectivity index (χ4n) is 1.66. The van der Waals surface area contributed by atoms with E-state index in [0.29, 0.717) is 12.5 Å². The summed E-state index contributed by atoms with van der Waals surface area (Å²) in [6.07, 6.45) is 2.64. The van der Waals surface area contributed by atoms with Gasteiger partial charge in [0, 0.05) is 18.2 Å². The summed E-state index contributed by atoms with van der Waals surface area (Å²) in [6.45, 7) is 2.78. The van der Waals surface area contributed by atoms with Crippen molar-refractivity contribution in [2.24, 2.45) is 11.7 Å². The molecule has 0 bridgehead atoms. The largest absolute Gasteiger partial charge is 0.330 e. The van der Waals surface area contributed by atoms with Crippen LogP contribution in [0, 0.1) is 5.92 Å². The fraction of sp³-hybridized carbons (Fsp3) is 0.286. The van der Waals surface area contributed by atoms with Gasteiger partial charge in [-0.3, -0.25) is 0 Å². The maximum atomic E-state index is 5.61. The van der Waals surface area contributed by atoms with Crippen LogP contribution in [0.1, 0.15) is 12.7 Å². The normalized spacial score (nSPS) is 12.4. The second-order valence-electron chi connectivity index (χ2n) is 4.27. The predicted octanol–water partition coefficient (Wildman–Crippen LogP) is 2.28. The van der Waals surface area contributed by atoms with Crippen molar-refractivity contribution in [3.8, 4) is 11.3 Å². The van der Waals surface area contributed by atoms with Gasteiger partial charge in [-0.2, -0.15) is 0 Å². The first kappa shape index (κ1) is 11.7. The molecule has 0 saturated heterocycles. The van der Waals surface area contributed by atoms with Crippen LogP contribution < -0.4 is 5.73 Å². The smallest absolute Gasteiger partial charge is 0.129 e. The minimum atomic E-state index is 0.418. The molecule has 0 saturated carbocycles. The second-order valence-corrected chi connectivity index (χ2v) is 4.27. The Balaban J connectivity index is 2.23. The summed E-state index contributed by atoms with van der Waals surface area (Å²) in [6, 6.07) is 12.1. The lowest BCUT2D eigenvalue weighted by molar-refractivity contribution is 0.574. The van der Waals surface area contributed by atoms with E-state index >= 15 is 0 Å². The van der Waals surface area contributed by atoms with Crippen molar-refractivity contribution < 1.29 is 0 Å². The first-order valence-electron chi connectivity index (χ1n) is 5.87. The number of hydrogen-bond acceptors (Lipinski definition) is 3. The van der Waals surface area contributed by atoms with Gasteiger partial charge in [0.15, 0.2) is 0 Å². The molecule has 1 unspecified atom stereocenters. The van der Waals surface area contributed by atoms with Crippen molar-refractivity contribution in [2.45, 2.75) is 13.3 Å². The minimum absolute atomic E-state index is 0.418. The quantitative estimate of drug-likeness (QED) is 0.871. The Morgan fingerprint density at radius 2 is 1.94 bits per heavy atom. The van der Waals surface area contributed by atoms with Crippen LogP contribution in [0.5, 0.6) is 0 Å². The highest BCUT2D eigenvalue weighted by Crippen LogP contribution is 2.16. The maximum absolute atomic E-state index is 5.61. The molecule has 17 heavy (non-hydrogen) atoms. The highest BCUT2D eigenvalue weighted by molar-refractivity contribution is 5.58. The number of hydrogen-bond donors (Lipinski definition) is 1. The van der Waals surface area contributed by atoms with Gasteiger partial charge in [0.1, 0.15) is 5.82 Å². The van der Waals surface area contributed by atoms with Gasteiger partial charge in [0.2, 0.25) is 0 Å². The van der Waals surface area contributed by atoms with Gasteiger partial charge in [-0.05, 0) is 18.5 Å². The van der Waals surface area contributed by atoms with E-state index in [2.05, 4.69) is 29.0 Å². The van der Waals surface area contributed by atoms with Gasteiger partial charge >= 0.3 is 0 Å². The molecule has 0 radical (unpaired) electrons. The molecule has 88 valence electrons. The zero-order valence-electron chi connectivity index (χ0n) is 10.0. The molecule has 1 atom stereocenters. The van der Waals surface area contributed by atoms with Crippen LogP contribution in [-0.2, 0) is 6.42 Å². The average Bonchev–Trinajstić information content (AvgIpc) is 2.40. The van der Waals surface area contributed by atoms with Crippen LogP contribution in [0.25, 0.3) is 11.3 Å². The average molecular weight is 227 g/mol. The van der Waals surface area contributed by atoms with Crippen molar-refractivity contribution in [2.75, 3.05) is 6.54 Å². The molecule has 1 aromatic heterocycles. The Kier molecular flexibility index (Phi) is 3.83. The third-order valence-electron chi connectivity index (χ3n) is 2.71. The van der Waals surface area contributed by atoms with Crippen LogP contribution in [-0.4, -0.2) is 16.5 Å². The summed E-state index contributed by atoms with van der Waals surface area (Å²) in [5.41, 5.74) is 7.71. The van der Waals surface area contributed by atoms with E-state index in [1.807, 2.05) is 30.5 Å². The van der Waals surface area contributed by atoms with Gasteiger partial charge in [-0.15, -0.1) is 0 Å². The number of nitrogens with two attached hydrogens (primary N) is 1. The summed E-state index contributed by atoms with van der Waals surface area (Å²) >= 11 is 0. The minimum Gasteiger partial charge on any atom is -0.330 e. The van der Waals surface area contributed by atoms with Crippen LogP contribution in [0.3, 0.4) is 0 Å². The standard InChI is InChI=1S/C14H17N3/c1-11(10-15)9-14-16-8-7-13(17-14)12-5-3-2-4-6-12/h2-8,11H,9-10,15H2,1H3. The van der Waals surface area contributed by atoms with Crippen LogP contribution in [0.4, 0.5) is 0 Å². The topological polar surface area (TPSA) is 51.8 Å². The first-order chi connectivity index (χ1) is 8.29. The fourth-order valence-corrected chi connectivity index (χ4v) is 1.66. The molecule has 0 aliphatic carbocycles. The number of aromatic nitrogens is 2. The maximum Gasteiger partial charge on any atom is 0.129 e. The van der Waals surface area contributed by atoms with Crippen molar-refractivity contribution in [1.29, 1.82) is 0 Å². The van der Waals surface area contributed by atoms with E-state index in [4.69, 9.17) is 5.73 Å². The van der Waals surface area contributed by atoms with E-state index in [-0.39, 0.29) is 0 Å². The zero-order chi connectivity index (χ0) is 12.1. The molecular formula is C14H17N3. The number of nitrogens with zero attached hydrogens (tertiary/aromatic N) is 2. The van der Waals surface area contributed by atoms with Crippen LogP contribution >= 0.6 is 0 Å². The third-order valence-corrected chi connectivity index (χ3v) is 2.71. The van der Waals surface area contributed by atoms with Gasteiger partial charge in [-0.25, -0.2) is 9.97 Å². The summed E-state index contributed by atoms with van der Waals surface area (Å²) in [7, 11) is 0. The van der Waals surface area contributed by atoms with E-state index in [1.54, 1.807) is 0 Å². The van der Waals surface area contributed by atoms with E-state index < -0.39 is 0 Å². The SMILES string of the molecule is CC(CN)Cc1nccc(-c2ccccc2)n1. The monoisotopic (exact) mass is 227 g/mol. The summed E-state index contributed by atoms with van der Waals surface area (Å²) in [5.74, 6) is 1.28. The summed E-state index contributed by atoms with van der Waals surface area (Å²) in [5, 5.41) is 0. The van der Waals surface area contributed by atoms with Crippen LogP contribution in [0.15, 0.2) is 42.6 Å². The van der Waals surface area contributed by atoms with Crippen molar-refractivity contribution in [3.05, 3.63) is 48.4 Å².